The molecule has 1 heterocycles. The molecule has 0 radical (unpaired) electrons. The number of allylic oxidation sites excluding steroid dienone is 1. The van der Waals surface area contributed by atoms with Gasteiger partial charge in [0.2, 0.25) is 0 Å². The molecule has 2 atom stereocenters. The van der Waals surface area contributed by atoms with Crippen LogP contribution in [-0.2, 0) is 20.5 Å². The molecule has 0 spiro atoms. The monoisotopic (exact) mass is 613 g/mol. The molecule has 1 aliphatic heterocycles. The average molecular weight is 614 g/mol. The molecule has 4 rings (SSSR count). The molecule has 0 bridgehead atoms. The highest BCUT2D eigenvalue weighted by molar-refractivity contribution is 5.91. The quantitative estimate of drug-likeness (QED) is 0.0842. The van der Waals surface area contributed by atoms with Crippen LogP contribution in [0.5, 0.6) is 0 Å². The SMILES string of the molecule is CC(=O)/C=C/c1ccc(C(NCCNC2C=CCOC2)C(C)=O)cc1.Cc1ccc(C(F)(F)F)c(F)c1.Nc1ccccc1. The highest BCUT2D eigenvalue weighted by Gasteiger charge is 2.33. The molecule has 1 aliphatic rings. The number of nitrogen functional groups attached to an aromatic ring is 1. The van der Waals surface area contributed by atoms with E-state index in [4.69, 9.17) is 10.5 Å². The van der Waals surface area contributed by atoms with E-state index in [-0.39, 0.29) is 23.7 Å². The fraction of sp³-hybridized carbons (Fsp3) is 0.294. The zero-order chi connectivity index (χ0) is 32.5. The fourth-order valence-corrected chi connectivity index (χ4v) is 3.95. The third-order valence-corrected chi connectivity index (χ3v) is 6.18. The highest BCUT2D eigenvalue weighted by Crippen LogP contribution is 2.31. The van der Waals surface area contributed by atoms with Crippen molar-refractivity contribution in [1.29, 1.82) is 0 Å². The average Bonchev–Trinajstić information content (AvgIpc) is 2.97. The van der Waals surface area contributed by atoms with Gasteiger partial charge in [0.05, 0.1) is 24.8 Å². The summed E-state index contributed by atoms with van der Waals surface area (Å²) in [5, 5.41) is 6.67. The molecule has 6 nitrogen and oxygen atoms in total. The second-order valence-corrected chi connectivity index (χ2v) is 10.0. The van der Waals surface area contributed by atoms with Gasteiger partial charge in [0, 0.05) is 24.8 Å². The Bertz CT molecular complexity index is 1370. The Morgan fingerprint density at radius 1 is 1.02 bits per heavy atom. The van der Waals surface area contributed by atoms with Gasteiger partial charge in [-0.25, -0.2) is 4.39 Å². The van der Waals surface area contributed by atoms with Gasteiger partial charge in [0.25, 0.3) is 0 Å². The molecule has 44 heavy (non-hydrogen) atoms. The maximum absolute atomic E-state index is 12.6. The van der Waals surface area contributed by atoms with Crippen LogP contribution >= 0.6 is 0 Å². The van der Waals surface area contributed by atoms with Crippen LogP contribution in [0, 0.1) is 12.7 Å². The number of Topliss-reactive ketones (excluding diaryl/α,β-unsaturated/α-hetero) is 1. The first-order valence-electron chi connectivity index (χ1n) is 14.0. The van der Waals surface area contributed by atoms with Crippen LogP contribution in [0.2, 0.25) is 0 Å². The van der Waals surface area contributed by atoms with Gasteiger partial charge in [-0.15, -0.1) is 0 Å². The number of alkyl halides is 3. The number of aryl methyl sites for hydroxylation is 1. The number of nitrogens with one attached hydrogen (secondary N) is 2. The number of rotatable bonds is 9. The maximum Gasteiger partial charge on any atom is 0.419 e. The van der Waals surface area contributed by atoms with E-state index in [1.165, 1.54) is 26.0 Å². The Hall–Kier alpha value is -4.12. The van der Waals surface area contributed by atoms with Crippen molar-refractivity contribution in [2.24, 2.45) is 0 Å². The number of carbonyl (C=O) groups excluding carboxylic acids is 2. The van der Waals surface area contributed by atoms with Gasteiger partial charge in [-0.3, -0.25) is 9.59 Å². The van der Waals surface area contributed by atoms with Crippen molar-refractivity contribution in [3.8, 4) is 0 Å². The van der Waals surface area contributed by atoms with Crippen LogP contribution in [0.4, 0.5) is 23.2 Å². The zero-order valence-electron chi connectivity index (χ0n) is 25.0. The predicted molar refractivity (Wildman–Crippen MR) is 166 cm³/mol. The Morgan fingerprint density at radius 2 is 1.70 bits per heavy atom. The van der Waals surface area contributed by atoms with Gasteiger partial charge in [0.1, 0.15) is 5.82 Å². The molecule has 0 aliphatic carbocycles. The topological polar surface area (TPSA) is 93.5 Å². The summed E-state index contributed by atoms with van der Waals surface area (Å²) in [4.78, 5) is 23.0. The van der Waals surface area contributed by atoms with Crippen molar-refractivity contribution in [3.63, 3.8) is 0 Å². The normalized spacial score (nSPS) is 15.0. The molecule has 2 unspecified atom stereocenters. The molecule has 236 valence electrons. The molecular formula is C34H39F4N3O3. The molecule has 0 aromatic heterocycles. The first-order chi connectivity index (χ1) is 20.9. The first kappa shape index (κ1) is 36.1. The Morgan fingerprint density at radius 3 is 2.20 bits per heavy atom. The summed E-state index contributed by atoms with van der Waals surface area (Å²) >= 11 is 0. The molecule has 4 N–H and O–H groups in total. The Kier molecular flexibility index (Phi) is 15.2. The van der Waals surface area contributed by atoms with Gasteiger partial charge in [-0.2, -0.15) is 13.2 Å². The number of carbonyl (C=O) groups is 2. The second-order valence-electron chi connectivity index (χ2n) is 10.0. The number of ether oxygens (including phenoxy) is 1. The minimum absolute atomic E-state index is 0.0121. The Balaban J connectivity index is 0.000000290. The van der Waals surface area contributed by atoms with Crippen LogP contribution < -0.4 is 16.4 Å². The summed E-state index contributed by atoms with van der Waals surface area (Å²) in [7, 11) is 0. The lowest BCUT2D eigenvalue weighted by Gasteiger charge is -2.20. The second kappa shape index (κ2) is 18.5. The van der Waals surface area contributed by atoms with E-state index >= 15 is 0 Å². The zero-order valence-corrected chi connectivity index (χ0v) is 25.0. The van der Waals surface area contributed by atoms with Gasteiger partial charge >= 0.3 is 6.18 Å². The van der Waals surface area contributed by atoms with E-state index in [1.807, 2.05) is 60.7 Å². The maximum atomic E-state index is 12.6. The number of ketones is 2. The van der Waals surface area contributed by atoms with Gasteiger partial charge in [-0.1, -0.05) is 66.8 Å². The third kappa shape index (κ3) is 13.9. The van der Waals surface area contributed by atoms with Gasteiger partial charge in [0.15, 0.2) is 11.6 Å². The molecule has 0 saturated carbocycles. The van der Waals surface area contributed by atoms with E-state index in [1.54, 1.807) is 13.0 Å². The number of benzene rings is 3. The van der Waals surface area contributed by atoms with Crippen LogP contribution in [0.15, 0.2) is 91.0 Å². The Labute approximate surface area is 256 Å². The van der Waals surface area contributed by atoms with Crippen molar-refractivity contribution in [3.05, 3.63) is 119 Å². The summed E-state index contributed by atoms with van der Waals surface area (Å²) in [5.74, 6) is -1.13. The standard InChI is InChI=1S/C20H26N2O3.C8H6F4.C6H7N/c1-15(23)5-6-17-7-9-18(10-8-17)20(16(2)24)22-12-11-21-19-4-3-13-25-14-19;1-5-2-3-6(7(9)4-5)8(10,11)12;7-6-4-2-1-3-5-6/h3-10,19-22H,11-14H2,1-2H3;2-4H,1H3;1-5H,7H2/b6-5+;;. The minimum atomic E-state index is -4.60. The minimum Gasteiger partial charge on any atom is -0.399 e. The third-order valence-electron chi connectivity index (χ3n) is 6.18. The number of nitrogens with two attached hydrogens (primary N) is 1. The number of halogens is 4. The lowest BCUT2D eigenvalue weighted by molar-refractivity contribution is -0.140. The largest absolute Gasteiger partial charge is 0.419 e. The molecular weight excluding hydrogens is 574 g/mol. The fourth-order valence-electron chi connectivity index (χ4n) is 3.95. The molecule has 3 aromatic carbocycles. The number of para-hydroxylation sites is 1. The van der Waals surface area contributed by atoms with Crippen LogP contribution in [0.1, 0.15) is 42.1 Å². The number of anilines is 1. The van der Waals surface area contributed by atoms with Gasteiger partial charge < -0.3 is 21.1 Å². The molecule has 0 fully saturated rings. The van der Waals surface area contributed by atoms with Crippen molar-refractivity contribution in [2.45, 2.75) is 39.0 Å². The van der Waals surface area contributed by atoms with E-state index in [0.29, 0.717) is 25.3 Å². The molecule has 0 saturated heterocycles. The molecule has 10 heteroatoms. The summed E-state index contributed by atoms with van der Waals surface area (Å²) < 4.78 is 53.8. The van der Waals surface area contributed by atoms with Crippen molar-refractivity contribution in [2.75, 3.05) is 32.0 Å². The van der Waals surface area contributed by atoms with E-state index < -0.39 is 17.6 Å². The number of hydrogen-bond donors (Lipinski definition) is 3. The summed E-state index contributed by atoms with van der Waals surface area (Å²) in [5.41, 5.74) is 7.30. The van der Waals surface area contributed by atoms with Crippen LogP contribution in [-0.4, -0.2) is 43.9 Å². The first-order valence-corrected chi connectivity index (χ1v) is 14.0. The molecule has 0 amide bonds. The van der Waals surface area contributed by atoms with E-state index in [9.17, 15) is 27.2 Å². The van der Waals surface area contributed by atoms with Crippen LogP contribution in [0.3, 0.4) is 0 Å². The van der Waals surface area contributed by atoms with Crippen molar-refractivity contribution in [1.82, 2.24) is 10.6 Å². The van der Waals surface area contributed by atoms with Crippen molar-refractivity contribution >= 4 is 23.3 Å². The predicted octanol–water partition coefficient (Wildman–Crippen LogP) is 6.47. The highest BCUT2D eigenvalue weighted by atomic mass is 19.4. The van der Waals surface area contributed by atoms with Crippen LogP contribution in [0.25, 0.3) is 6.08 Å². The van der Waals surface area contributed by atoms with E-state index in [0.717, 1.165) is 35.5 Å². The molecule has 3 aromatic rings. The summed E-state index contributed by atoms with van der Waals surface area (Å²) in [6, 6.07) is 19.9. The lowest BCUT2D eigenvalue weighted by Crippen LogP contribution is -2.39. The summed E-state index contributed by atoms with van der Waals surface area (Å²) in [6.45, 7) is 7.43. The van der Waals surface area contributed by atoms with Crippen molar-refractivity contribution < 1.29 is 31.9 Å². The number of hydrogen-bond acceptors (Lipinski definition) is 6. The van der Waals surface area contributed by atoms with Gasteiger partial charge in [-0.05, 0) is 67.8 Å². The lowest BCUT2D eigenvalue weighted by atomic mass is 10.0. The van der Waals surface area contributed by atoms with E-state index in [2.05, 4.69) is 16.7 Å². The summed E-state index contributed by atoms with van der Waals surface area (Å²) in [6.07, 6.45) is 2.82. The smallest absolute Gasteiger partial charge is 0.399 e.